The lowest BCUT2D eigenvalue weighted by Crippen LogP contribution is -2.52. The number of hydrogen-bond acceptors (Lipinski definition) is 2. The molecule has 2 aromatic carbocycles. The summed E-state index contributed by atoms with van der Waals surface area (Å²) in [6, 6.07) is 5.35. The third-order valence-corrected chi connectivity index (χ3v) is 2.54. The van der Waals surface area contributed by atoms with Crippen LogP contribution in [0.2, 0.25) is 0 Å². The molecule has 0 aliphatic carbocycles. The number of benzene rings is 2. The van der Waals surface area contributed by atoms with Crippen molar-refractivity contribution in [3.05, 3.63) is 60.7 Å². The van der Waals surface area contributed by atoms with Gasteiger partial charge in [0, 0.05) is 11.4 Å². The summed E-state index contributed by atoms with van der Waals surface area (Å²) >= 11 is 0. The van der Waals surface area contributed by atoms with E-state index < -0.39 is 12.1 Å². The number of rotatable bonds is 5. The lowest BCUT2D eigenvalue weighted by Gasteiger charge is -2.28. The Morgan fingerprint density at radius 3 is 1.15 bits per heavy atom. The van der Waals surface area contributed by atoms with Crippen LogP contribution in [0.1, 0.15) is 0 Å². The number of halogens is 4. The van der Waals surface area contributed by atoms with Crippen LogP contribution in [0.5, 0.6) is 0 Å². The van der Waals surface area contributed by atoms with Gasteiger partial charge in [0.15, 0.2) is 0 Å². The number of nitrogens with one attached hydrogen (secondary N) is 2. The second kappa shape index (κ2) is 5.40. The summed E-state index contributed by atoms with van der Waals surface area (Å²) in [4.78, 5) is 0. The van der Waals surface area contributed by atoms with E-state index in [2.05, 4.69) is 0 Å². The van der Waals surface area contributed by atoms with Crippen molar-refractivity contribution in [3.63, 3.8) is 0 Å². The molecule has 6 heteroatoms. The molecule has 0 spiro atoms. The van der Waals surface area contributed by atoms with E-state index in [9.17, 15) is 17.6 Å². The molecule has 0 atom stereocenters. The quantitative estimate of drug-likeness (QED) is 0.628. The Kier molecular flexibility index (Phi) is 3.83. The lowest BCUT2D eigenvalue weighted by molar-refractivity contribution is -0.172. The summed E-state index contributed by atoms with van der Waals surface area (Å²) in [6.45, 7) is 0. The zero-order chi connectivity index (χ0) is 14.6. The van der Waals surface area contributed by atoms with Gasteiger partial charge in [-0.2, -0.15) is 17.6 Å². The third-order valence-electron chi connectivity index (χ3n) is 2.54. The molecule has 0 radical (unpaired) electrons. The Balaban J connectivity index is 2.14. The molecule has 20 heavy (non-hydrogen) atoms. The summed E-state index contributed by atoms with van der Waals surface area (Å²) in [6.07, 6.45) is 0. The van der Waals surface area contributed by atoms with Gasteiger partial charge in [-0.05, 0) is 24.3 Å². The highest BCUT2D eigenvalue weighted by Crippen LogP contribution is 2.35. The molecule has 2 rings (SSSR count). The van der Waals surface area contributed by atoms with Gasteiger partial charge in [-0.1, -0.05) is 36.4 Å². The molecule has 0 saturated carbocycles. The van der Waals surface area contributed by atoms with E-state index in [0.717, 1.165) is 0 Å². The Morgan fingerprint density at radius 2 is 0.850 bits per heavy atom. The van der Waals surface area contributed by atoms with Crippen molar-refractivity contribution in [2.75, 3.05) is 10.6 Å². The van der Waals surface area contributed by atoms with Crippen LogP contribution in [0, 0.1) is 0 Å². The molecule has 0 aromatic heterocycles. The predicted octanol–water partition coefficient (Wildman–Crippen LogP) is 4.40. The minimum Gasteiger partial charge on any atom is -0.320 e. The Bertz CT molecular complexity index is 492. The van der Waals surface area contributed by atoms with Gasteiger partial charge in [0.1, 0.15) is 0 Å². The zero-order valence-electron chi connectivity index (χ0n) is 10.3. The van der Waals surface area contributed by atoms with Crippen LogP contribution in [0.15, 0.2) is 60.7 Å². The number of hydrogen-bond donors (Lipinski definition) is 2. The van der Waals surface area contributed by atoms with E-state index in [0.29, 0.717) is 0 Å². The van der Waals surface area contributed by atoms with E-state index in [4.69, 9.17) is 0 Å². The molecule has 0 unspecified atom stereocenters. The van der Waals surface area contributed by atoms with E-state index in [1.807, 2.05) is 0 Å². The average molecular weight is 284 g/mol. The second-order valence-corrected chi connectivity index (χ2v) is 4.13. The smallest absolute Gasteiger partial charge is 0.320 e. The molecule has 2 N–H and O–H groups in total. The van der Waals surface area contributed by atoms with Crippen molar-refractivity contribution in [2.45, 2.75) is 12.1 Å². The molecule has 0 heterocycles. The first-order valence-electron chi connectivity index (χ1n) is 5.83. The fraction of sp³-hybridized carbons (Fsp3) is 0.143. The van der Waals surface area contributed by atoms with Crippen molar-refractivity contribution in [1.82, 2.24) is 0 Å². The first kappa shape index (κ1) is 14.2. The van der Waals surface area contributed by atoms with E-state index in [1.54, 1.807) is 12.1 Å². The van der Waals surface area contributed by atoms with Crippen LogP contribution in [-0.4, -0.2) is 12.1 Å². The molecular formula is C14H12F4N2. The summed E-state index contributed by atoms with van der Waals surface area (Å²) < 4.78 is 54.6. The van der Waals surface area contributed by atoms with Gasteiger partial charge in [-0.15, -0.1) is 0 Å². The summed E-state index contributed by atoms with van der Waals surface area (Å²) in [5.41, 5.74) is -0.181. The SMILES string of the molecule is FC(F)(Nc1ccccc1)C(F)(F)Nc1ccccc1. The standard InChI is InChI=1S/C14H12F4N2/c15-13(16,19-11-7-3-1-4-8-11)14(17,18)20-12-9-5-2-6-10-12/h1-10,19-20H. The van der Waals surface area contributed by atoms with Crippen molar-refractivity contribution in [2.24, 2.45) is 0 Å². The van der Waals surface area contributed by atoms with Crippen LogP contribution in [0.3, 0.4) is 0 Å². The van der Waals surface area contributed by atoms with Gasteiger partial charge in [-0.25, -0.2) is 0 Å². The Hall–Kier alpha value is -2.24. The second-order valence-electron chi connectivity index (χ2n) is 4.13. The minimum absolute atomic E-state index is 0.0907. The van der Waals surface area contributed by atoms with Gasteiger partial charge in [0.05, 0.1) is 0 Å². The van der Waals surface area contributed by atoms with Gasteiger partial charge in [0.2, 0.25) is 0 Å². The number of alkyl halides is 4. The highest BCUT2D eigenvalue weighted by Gasteiger charge is 2.57. The maximum absolute atomic E-state index is 13.6. The summed E-state index contributed by atoms with van der Waals surface area (Å²) in [5, 5.41) is 3.07. The topological polar surface area (TPSA) is 24.1 Å². The first-order valence-corrected chi connectivity index (χ1v) is 5.83. The molecule has 0 saturated heterocycles. The maximum Gasteiger partial charge on any atom is 0.406 e. The highest BCUT2D eigenvalue weighted by molar-refractivity contribution is 5.47. The highest BCUT2D eigenvalue weighted by atomic mass is 19.3. The van der Waals surface area contributed by atoms with Crippen LogP contribution in [-0.2, 0) is 0 Å². The van der Waals surface area contributed by atoms with Crippen molar-refractivity contribution in [3.8, 4) is 0 Å². The van der Waals surface area contributed by atoms with E-state index in [1.165, 1.54) is 59.2 Å². The van der Waals surface area contributed by atoms with Crippen molar-refractivity contribution >= 4 is 11.4 Å². The number of anilines is 2. The Labute approximate surface area is 113 Å². The lowest BCUT2D eigenvalue weighted by atomic mass is 10.3. The largest absolute Gasteiger partial charge is 0.406 e. The fourth-order valence-electron chi connectivity index (χ4n) is 1.56. The molecule has 2 nitrogen and oxygen atoms in total. The monoisotopic (exact) mass is 284 g/mol. The van der Waals surface area contributed by atoms with E-state index >= 15 is 0 Å². The predicted molar refractivity (Wildman–Crippen MR) is 70.0 cm³/mol. The molecule has 106 valence electrons. The zero-order valence-corrected chi connectivity index (χ0v) is 10.3. The third kappa shape index (κ3) is 3.20. The minimum atomic E-state index is -4.44. The van der Waals surface area contributed by atoms with Crippen molar-refractivity contribution < 1.29 is 17.6 Å². The normalized spacial score (nSPS) is 12.0. The van der Waals surface area contributed by atoms with Gasteiger partial charge < -0.3 is 10.6 Å². The Morgan fingerprint density at radius 1 is 0.550 bits per heavy atom. The molecular weight excluding hydrogens is 272 g/mol. The maximum atomic E-state index is 13.6. The molecule has 0 bridgehead atoms. The van der Waals surface area contributed by atoms with Gasteiger partial charge in [-0.3, -0.25) is 0 Å². The van der Waals surface area contributed by atoms with Crippen LogP contribution < -0.4 is 10.6 Å². The summed E-state index contributed by atoms with van der Waals surface area (Å²) in [7, 11) is 0. The molecule has 0 aliphatic rings. The van der Waals surface area contributed by atoms with Crippen LogP contribution in [0.4, 0.5) is 28.9 Å². The van der Waals surface area contributed by atoms with Crippen LogP contribution in [0.25, 0.3) is 0 Å². The number of para-hydroxylation sites is 2. The summed E-state index contributed by atoms with van der Waals surface area (Å²) in [5.74, 6) is 0. The average Bonchev–Trinajstić information content (AvgIpc) is 2.40. The molecule has 0 fully saturated rings. The first-order chi connectivity index (χ1) is 9.41. The fourth-order valence-corrected chi connectivity index (χ4v) is 1.56. The molecule has 0 aliphatic heterocycles. The van der Waals surface area contributed by atoms with Crippen LogP contribution >= 0.6 is 0 Å². The molecule has 2 aromatic rings. The van der Waals surface area contributed by atoms with Gasteiger partial charge >= 0.3 is 12.1 Å². The molecule has 0 amide bonds. The van der Waals surface area contributed by atoms with E-state index in [-0.39, 0.29) is 11.4 Å². The van der Waals surface area contributed by atoms with Gasteiger partial charge in [0.25, 0.3) is 0 Å². The van der Waals surface area contributed by atoms with Crippen molar-refractivity contribution in [1.29, 1.82) is 0 Å².